The zero-order chi connectivity index (χ0) is 20.0. The van der Waals surface area contributed by atoms with E-state index in [9.17, 15) is 13.2 Å². The van der Waals surface area contributed by atoms with Gasteiger partial charge in [0, 0.05) is 31.2 Å². The molecule has 0 aliphatic carbocycles. The van der Waals surface area contributed by atoms with E-state index in [1.54, 1.807) is 32.9 Å². The largest absolute Gasteiger partial charge is 0.350 e. The molecule has 1 atom stereocenters. The lowest BCUT2D eigenvalue weighted by molar-refractivity contribution is 0.0951. The molecule has 0 aliphatic heterocycles. The molecule has 27 heavy (non-hydrogen) atoms. The molecule has 0 saturated heterocycles. The number of rotatable bonds is 8. The Bertz CT molecular complexity index is 879. The van der Waals surface area contributed by atoms with E-state index in [1.807, 2.05) is 30.3 Å². The fourth-order valence-electron chi connectivity index (χ4n) is 2.84. The summed E-state index contributed by atoms with van der Waals surface area (Å²) in [7, 11) is -3.63. The molecule has 2 rings (SSSR count). The molecular formula is C20H27N3O3S. The molecule has 0 bridgehead atoms. The monoisotopic (exact) mass is 389 g/mol. The summed E-state index contributed by atoms with van der Waals surface area (Å²) in [5.41, 5.74) is 7.93. The third-order valence-electron chi connectivity index (χ3n) is 4.48. The summed E-state index contributed by atoms with van der Waals surface area (Å²) in [6, 6.07) is 13.9. The lowest BCUT2D eigenvalue weighted by Crippen LogP contribution is -2.33. The predicted octanol–water partition coefficient (Wildman–Crippen LogP) is 2.46. The van der Waals surface area contributed by atoms with Crippen molar-refractivity contribution in [1.29, 1.82) is 0 Å². The van der Waals surface area contributed by atoms with Crippen LogP contribution in [0.1, 0.15) is 41.4 Å². The first-order chi connectivity index (χ1) is 12.8. The quantitative estimate of drug-likeness (QED) is 0.725. The Labute approximate surface area is 161 Å². The summed E-state index contributed by atoms with van der Waals surface area (Å²) in [6.07, 6.45) is 0. The summed E-state index contributed by atoms with van der Waals surface area (Å²) < 4.78 is 27.0. The third kappa shape index (κ3) is 4.94. The predicted molar refractivity (Wildman–Crippen MR) is 107 cm³/mol. The summed E-state index contributed by atoms with van der Waals surface area (Å²) >= 11 is 0. The first kappa shape index (κ1) is 21.1. The number of benzene rings is 2. The number of carbonyl (C=O) groups excluding carboxylic acids is 1. The molecule has 0 saturated carbocycles. The number of nitrogens with zero attached hydrogens (tertiary/aromatic N) is 1. The summed E-state index contributed by atoms with van der Waals surface area (Å²) in [4.78, 5) is 12.7. The van der Waals surface area contributed by atoms with Gasteiger partial charge >= 0.3 is 0 Å². The molecule has 6 nitrogen and oxygen atoms in total. The van der Waals surface area contributed by atoms with Gasteiger partial charge in [-0.15, -0.1) is 0 Å². The average Bonchev–Trinajstić information content (AvgIpc) is 2.67. The van der Waals surface area contributed by atoms with E-state index in [4.69, 9.17) is 5.73 Å². The molecule has 3 N–H and O–H groups in total. The molecule has 7 heteroatoms. The van der Waals surface area contributed by atoms with Crippen molar-refractivity contribution in [3.8, 4) is 0 Å². The van der Waals surface area contributed by atoms with Gasteiger partial charge in [0.25, 0.3) is 5.91 Å². The van der Waals surface area contributed by atoms with Gasteiger partial charge < -0.3 is 11.1 Å². The van der Waals surface area contributed by atoms with Crippen LogP contribution in [0.2, 0.25) is 0 Å². The van der Waals surface area contributed by atoms with Crippen molar-refractivity contribution in [2.24, 2.45) is 5.73 Å². The van der Waals surface area contributed by atoms with Crippen molar-refractivity contribution in [1.82, 2.24) is 9.62 Å². The molecule has 2 aromatic carbocycles. The van der Waals surface area contributed by atoms with Crippen molar-refractivity contribution < 1.29 is 13.2 Å². The minimum atomic E-state index is -3.63. The fourth-order valence-corrected chi connectivity index (χ4v) is 4.55. The van der Waals surface area contributed by atoms with Crippen LogP contribution in [0, 0.1) is 6.92 Å². The van der Waals surface area contributed by atoms with Crippen LogP contribution in [-0.4, -0.2) is 38.3 Å². The average molecular weight is 390 g/mol. The SMILES string of the molecule is CCN(CC)S(=O)(=O)c1cc(C(=O)NCC(N)c2ccccc2)ccc1C. The van der Waals surface area contributed by atoms with Crippen molar-refractivity contribution >= 4 is 15.9 Å². The van der Waals surface area contributed by atoms with Gasteiger partial charge in [0.1, 0.15) is 0 Å². The molecular weight excluding hydrogens is 362 g/mol. The maximum atomic E-state index is 12.8. The number of aryl methyl sites for hydroxylation is 1. The van der Waals surface area contributed by atoms with Crippen molar-refractivity contribution in [3.63, 3.8) is 0 Å². The summed E-state index contributed by atoms with van der Waals surface area (Å²) in [5.74, 6) is -0.350. The van der Waals surface area contributed by atoms with Gasteiger partial charge in [-0.1, -0.05) is 50.2 Å². The number of hydrogen-bond donors (Lipinski definition) is 2. The maximum Gasteiger partial charge on any atom is 0.251 e. The lowest BCUT2D eigenvalue weighted by atomic mass is 10.1. The molecule has 0 heterocycles. The highest BCUT2D eigenvalue weighted by Gasteiger charge is 2.24. The number of hydrogen-bond acceptors (Lipinski definition) is 4. The van der Waals surface area contributed by atoms with Crippen LogP contribution < -0.4 is 11.1 Å². The Morgan fingerprint density at radius 3 is 2.33 bits per heavy atom. The van der Waals surface area contributed by atoms with E-state index in [0.717, 1.165) is 5.56 Å². The minimum absolute atomic E-state index is 0.159. The van der Waals surface area contributed by atoms with E-state index >= 15 is 0 Å². The van der Waals surface area contributed by atoms with Crippen LogP contribution in [0.5, 0.6) is 0 Å². The minimum Gasteiger partial charge on any atom is -0.350 e. The van der Waals surface area contributed by atoms with Gasteiger partial charge in [0.2, 0.25) is 10.0 Å². The van der Waals surface area contributed by atoms with Gasteiger partial charge in [-0.25, -0.2) is 8.42 Å². The smallest absolute Gasteiger partial charge is 0.251 e. The number of sulfonamides is 1. The Balaban J connectivity index is 2.18. The lowest BCUT2D eigenvalue weighted by Gasteiger charge is -2.20. The van der Waals surface area contributed by atoms with Crippen molar-refractivity contribution in [3.05, 3.63) is 65.2 Å². The van der Waals surface area contributed by atoms with Gasteiger partial charge in [0.05, 0.1) is 4.90 Å². The highest BCUT2D eigenvalue weighted by atomic mass is 32.2. The van der Waals surface area contributed by atoms with Crippen LogP contribution in [0.25, 0.3) is 0 Å². The number of nitrogens with one attached hydrogen (secondary N) is 1. The van der Waals surface area contributed by atoms with E-state index < -0.39 is 10.0 Å². The fraction of sp³-hybridized carbons (Fsp3) is 0.350. The van der Waals surface area contributed by atoms with Crippen molar-refractivity contribution in [2.45, 2.75) is 31.7 Å². The zero-order valence-corrected chi connectivity index (χ0v) is 16.8. The van der Waals surface area contributed by atoms with E-state index in [0.29, 0.717) is 24.2 Å². The van der Waals surface area contributed by atoms with Crippen LogP contribution in [0.4, 0.5) is 0 Å². The van der Waals surface area contributed by atoms with Gasteiger partial charge in [-0.2, -0.15) is 4.31 Å². The summed E-state index contributed by atoms with van der Waals surface area (Å²) in [6.45, 7) is 6.31. The zero-order valence-electron chi connectivity index (χ0n) is 16.0. The molecule has 0 radical (unpaired) electrons. The Hall–Kier alpha value is -2.22. The molecule has 0 aliphatic rings. The molecule has 2 aromatic rings. The van der Waals surface area contributed by atoms with Gasteiger partial charge in [-0.05, 0) is 30.2 Å². The number of amides is 1. The van der Waals surface area contributed by atoms with Crippen LogP contribution in [0.3, 0.4) is 0 Å². The topological polar surface area (TPSA) is 92.5 Å². The normalized spacial score (nSPS) is 12.8. The van der Waals surface area contributed by atoms with Crippen LogP contribution in [-0.2, 0) is 10.0 Å². The Kier molecular flexibility index (Phi) is 7.12. The maximum absolute atomic E-state index is 12.8. The second-order valence-electron chi connectivity index (χ2n) is 6.30. The van der Waals surface area contributed by atoms with E-state index in [2.05, 4.69) is 5.32 Å². The molecule has 146 valence electrons. The summed E-state index contributed by atoms with van der Waals surface area (Å²) in [5, 5.41) is 2.78. The van der Waals surface area contributed by atoms with E-state index in [-0.39, 0.29) is 23.4 Å². The number of nitrogens with two attached hydrogens (primary N) is 1. The Morgan fingerprint density at radius 2 is 1.74 bits per heavy atom. The first-order valence-electron chi connectivity index (χ1n) is 9.00. The second-order valence-corrected chi connectivity index (χ2v) is 8.20. The molecule has 1 amide bonds. The van der Waals surface area contributed by atoms with Crippen LogP contribution >= 0.6 is 0 Å². The third-order valence-corrected chi connectivity index (χ3v) is 6.68. The number of carbonyl (C=O) groups is 1. The van der Waals surface area contributed by atoms with Crippen LogP contribution in [0.15, 0.2) is 53.4 Å². The molecule has 0 fully saturated rings. The highest BCUT2D eigenvalue weighted by Crippen LogP contribution is 2.21. The molecule has 1 unspecified atom stereocenters. The Morgan fingerprint density at radius 1 is 1.11 bits per heavy atom. The standard InChI is InChI=1S/C20H27N3O3S/c1-4-23(5-2)27(25,26)19-13-17(12-11-15(19)3)20(24)22-14-18(21)16-9-7-6-8-10-16/h6-13,18H,4-5,14,21H2,1-3H3,(H,22,24). The van der Waals surface area contributed by atoms with Gasteiger partial charge in [-0.3, -0.25) is 4.79 Å². The molecule has 0 aromatic heterocycles. The van der Waals surface area contributed by atoms with Gasteiger partial charge in [0.15, 0.2) is 0 Å². The molecule has 0 spiro atoms. The first-order valence-corrected chi connectivity index (χ1v) is 10.4. The van der Waals surface area contributed by atoms with Crippen molar-refractivity contribution in [2.75, 3.05) is 19.6 Å². The van der Waals surface area contributed by atoms with E-state index in [1.165, 1.54) is 10.4 Å². The highest BCUT2D eigenvalue weighted by molar-refractivity contribution is 7.89. The second kappa shape index (κ2) is 9.12.